The molecule has 0 unspecified atom stereocenters. The van der Waals surface area contributed by atoms with E-state index in [1.165, 1.54) is 57.6 Å². The fraction of sp³-hybridized carbons (Fsp3) is 0.316. The van der Waals surface area contributed by atoms with E-state index in [0.717, 1.165) is 9.87 Å². The van der Waals surface area contributed by atoms with E-state index in [1.54, 1.807) is 36.4 Å². The monoisotopic (exact) mass is 737 g/mol. The molecule has 2 amide bonds. The largest absolute Gasteiger partial charge is 0.497 e. The molecule has 0 heterocycles. The molecule has 0 aliphatic rings. The first-order valence-electron chi connectivity index (χ1n) is 16.3. The molecule has 0 aromatic heterocycles. The van der Waals surface area contributed by atoms with E-state index in [1.807, 2.05) is 44.2 Å². The molecular weight excluding hydrogens is 694 g/mol. The molecule has 0 saturated heterocycles. The molecule has 4 aromatic carbocycles. The minimum absolute atomic E-state index is 0.0130. The predicted molar refractivity (Wildman–Crippen MR) is 197 cm³/mol. The SMILES string of the molecule is CC[C@@H](C)NC(=O)[C@@H](Cc1ccccc1)N(Cc1ccc(Cl)cc1)C(=O)CN(c1cc(OC)ccc1OC)S(=O)(=O)c1ccc(OC)c(OC)c1. The lowest BCUT2D eigenvalue weighted by molar-refractivity contribution is -0.140. The maximum Gasteiger partial charge on any atom is 0.265 e. The lowest BCUT2D eigenvalue weighted by Gasteiger charge is -2.34. The van der Waals surface area contributed by atoms with Crippen molar-refractivity contribution in [2.75, 3.05) is 39.3 Å². The van der Waals surface area contributed by atoms with Gasteiger partial charge in [-0.15, -0.1) is 0 Å². The molecule has 1 N–H and O–H groups in total. The Bertz CT molecular complexity index is 1890. The number of ether oxygens (including phenoxy) is 4. The van der Waals surface area contributed by atoms with Gasteiger partial charge in [-0.3, -0.25) is 13.9 Å². The fourth-order valence-electron chi connectivity index (χ4n) is 5.39. The summed E-state index contributed by atoms with van der Waals surface area (Å²) in [5.74, 6) is -0.00600. The zero-order valence-corrected chi connectivity index (χ0v) is 31.2. The van der Waals surface area contributed by atoms with Crippen LogP contribution in [0.3, 0.4) is 0 Å². The molecule has 0 spiro atoms. The first kappa shape index (κ1) is 38.9. The van der Waals surface area contributed by atoms with Crippen LogP contribution in [0.4, 0.5) is 5.69 Å². The van der Waals surface area contributed by atoms with E-state index in [9.17, 15) is 18.0 Å². The number of carbonyl (C=O) groups excluding carboxylic acids is 2. The van der Waals surface area contributed by atoms with Gasteiger partial charge in [-0.2, -0.15) is 0 Å². The Morgan fingerprint density at radius 3 is 2.04 bits per heavy atom. The number of amides is 2. The standard InChI is InChI=1S/C38H44ClN3O8S/c1-7-26(2)40-38(44)33(21-27-11-9-8-10-12-27)41(24-28-13-15-29(39)16-14-28)37(43)25-42(32-22-30(47-3)17-19-34(32)48-4)51(45,46)31-18-20-35(49-5)36(23-31)50-6/h8-20,22-23,26,33H,7,21,24-25H2,1-6H3,(H,40,44)/t26-,33-/m1/s1. The van der Waals surface area contributed by atoms with Gasteiger partial charge >= 0.3 is 0 Å². The number of nitrogens with zero attached hydrogens (tertiary/aromatic N) is 2. The van der Waals surface area contributed by atoms with Crippen LogP contribution >= 0.6 is 11.6 Å². The van der Waals surface area contributed by atoms with Crippen molar-refractivity contribution in [3.63, 3.8) is 0 Å². The van der Waals surface area contributed by atoms with Crippen LogP contribution in [-0.4, -0.2) is 72.2 Å². The zero-order valence-electron chi connectivity index (χ0n) is 29.6. The molecule has 0 radical (unpaired) electrons. The van der Waals surface area contributed by atoms with Crippen LogP contribution in [0, 0.1) is 0 Å². The van der Waals surface area contributed by atoms with Crippen molar-refractivity contribution in [2.45, 2.75) is 50.2 Å². The maximum absolute atomic E-state index is 14.8. The molecule has 4 rings (SSSR count). The molecular formula is C38H44ClN3O8S. The molecule has 13 heteroatoms. The van der Waals surface area contributed by atoms with Crippen molar-refractivity contribution in [1.82, 2.24) is 10.2 Å². The van der Waals surface area contributed by atoms with Gasteiger partial charge in [-0.1, -0.05) is 61.0 Å². The van der Waals surface area contributed by atoms with Gasteiger partial charge in [0.1, 0.15) is 24.1 Å². The molecule has 0 aliphatic heterocycles. The van der Waals surface area contributed by atoms with Gasteiger partial charge in [0.05, 0.1) is 39.0 Å². The Morgan fingerprint density at radius 1 is 0.784 bits per heavy atom. The van der Waals surface area contributed by atoms with Crippen molar-refractivity contribution in [1.29, 1.82) is 0 Å². The van der Waals surface area contributed by atoms with Crippen molar-refractivity contribution in [3.8, 4) is 23.0 Å². The number of benzene rings is 4. The Hall–Kier alpha value is -4.94. The molecule has 272 valence electrons. The molecule has 51 heavy (non-hydrogen) atoms. The van der Waals surface area contributed by atoms with Crippen molar-refractivity contribution >= 4 is 39.1 Å². The average molecular weight is 738 g/mol. The summed E-state index contributed by atoms with van der Waals surface area (Å²) in [7, 11) is 1.17. The van der Waals surface area contributed by atoms with Gasteiger partial charge in [-0.25, -0.2) is 8.42 Å². The Morgan fingerprint density at radius 2 is 1.43 bits per heavy atom. The summed E-state index contributed by atoms with van der Waals surface area (Å²) < 4.78 is 52.1. The normalized spacial score (nSPS) is 12.3. The number of nitrogens with one attached hydrogen (secondary N) is 1. The van der Waals surface area contributed by atoms with Crippen molar-refractivity contribution < 1.29 is 37.0 Å². The quantitative estimate of drug-likeness (QED) is 0.138. The summed E-state index contributed by atoms with van der Waals surface area (Å²) in [6.07, 6.45) is 0.843. The van der Waals surface area contributed by atoms with Crippen LogP contribution in [0.25, 0.3) is 0 Å². The summed E-state index contributed by atoms with van der Waals surface area (Å²) in [4.78, 5) is 30.2. The highest BCUT2D eigenvalue weighted by atomic mass is 35.5. The number of anilines is 1. The van der Waals surface area contributed by atoms with Crippen LogP contribution < -0.4 is 28.6 Å². The molecule has 0 fully saturated rings. The van der Waals surface area contributed by atoms with Gasteiger partial charge in [0.25, 0.3) is 10.0 Å². The summed E-state index contributed by atoms with van der Waals surface area (Å²) in [5.41, 5.74) is 1.56. The Kier molecular flexibility index (Phi) is 13.6. The molecule has 4 aromatic rings. The topological polar surface area (TPSA) is 124 Å². The second kappa shape index (κ2) is 17.8. The van der Waals surface area contributed by atoms with Crippen LogP contribution in [0.15, 0.2) is 95.9 Å². The van der Waals surface area contributed by atoms with E-state index in [-0.39, 0.29) is 47.0 Å². The number of halogens is 1. The van der Waals surface area contributed by atoms with Crippen molar-refractivity contribution in [3.05, 3.63) is 107 Å². The first-order valence-corrected chi connectivity index (χ1v) is 18.1. The molecule has 11 nitrogen and oxygen atoms in total. The fourth-order valence-corrected chi connectivity index (χ4v) is 6.95. The highest BCUT2D eigenvalue weighted by Crippen LogP contribution is 2.38. The smallest absolute Gasteiger partial charge is 0.265 e. The minimum atomic E-state index is -4.51. The van der Waals surface area contributed by atoms with E-state index < -0.39 is 28.5 Å². The summed E-state index contributed by atoms with van der Waals surface area (Å²) >= 11 is 6.19. The second-order valence-corrected chi connectivity index (χ2v) is 14.0. The highest BCUT2D eigenvalue weighted by molar-refractivity contribution is 7.92. The first-order chi connectivity index (χ1) is 24.4. The van der Waals surface area contributed by atoms with Gasteiger partial charge in [0, 0.05) is 36.2 Å². The van der Waals surface area contributed by atoms with Crippen molar-refractivity contribution in [2.24, 2.45) is 0 Å². The third-order valence-electron chi connectivity index (χ3n) is 8.41. The maximum atomic E-state index is 14.8. The molecule has 0 aliphatic carbocycles. The minimum Gasteiger partial charge on any atom is -0.497 e. The summed E-state index contributed by atoms with van der Waals surface area (Å²) in [6.45, 7) is 3.12. The van der Waals surface area contributed by atoms with E-state index in [2.05, 4.69) is 5.32 Å². The molecule has 2 atom stereocenters. The van der Waals surface area contributed by atoms with Gasteiger partial charge in [0.2, 0.25) is 11.8 Å². The number of sulfonamides is 1. The Balaban J connectivity index is 1.90. The lowest BCUT2D eigenvalue weighted by atomic mass is 10.0. The van der Waals surface area contributed by atoms with E-state index >= 15 is 0 Å². The van der Waals surface area contributed by atoms with Crippen LogP contribution in [0.5, 0.6) is 23.0 Å². The van der Waals surface area contributed by atoms with Crippen LogP contribution in [0.2, 0.25) is 5.02 Å². The Labute approximate surface area is 305 Å². The number of methoxy groups -OCH3 is 4. The van der Waals surface area contributed by atoms with Crippen LogP contribution in [0.1, 0.15) is 31.4 Å². The van der Waals surface area contributed by atoms with Gasteiger partial charge in [-0.05, 0) is 60.9 Å². The van der Waals surface area contributed by atoms with Gasteiger partial charge in [0.15, 0.2) is 11.5 Å². The summed E-state index contributed by atoms with van der Waals surface area (Å²) in [5, 5.41) is 3.53. The van der Waals surface area contributed by atoms with Crippen LogP contribution in [-0.2, 0) is 32.6 Å². The van der Waals surface area contributed by atoms with Gasteiger partial charge < -0.3 is 29.2 Å². The van der Waals surface area contributed by atoms with E-state index in [0.29, 0.717) is 28.5 Å². The average Bonchev–Trinajstić information content (AvgIpc) is 3.15. The zero-order chi connectivity index (χ0) is 37.1. The summed E-state index contributed by atoms with van der Waals surface area (Å²) in [6, 6.07) is 23.9. The molecule has 0 saturated carbocycles. The number of hydrogen-bond donors (Lipinski definition) is 1. The third-order valence-corrected chi connectivity index (χ3v) is 10.4. The second-order valence-electron chi connectivity index (χ2n) is 11.7. The number of carbonyl (C=O) groups is 2. The molecule has 0 bridgehead atoms. The van der Waals surface area contributed by atoms with E-state index in [4.69, 9.17) is 30.5 Å². The lowest BCUT2D eigenvalue weighted by Crippen LogP contribution is -2.54. The number of rotatable bonds is 17. The number of hydrogen-bond acceptors (Lipinski definition) is 8. The highest BCUT2D eigenvalue weighted by Gasteiger charge is 2.36. The predicted octanol–water partition coefficient (Wildman–Crippen LogP) is 6.12. The third kappa shape index (κ3) is 9.65.